The molecule has 2 N–H and O–H groups in total. The van der Waals surface area contributed by atoms with Crippen LogP contribution in [-0.2, 0) is 4.79 Å². The molecule has 1 aromatic carbocycles. The molecule has 0 aromatic heterocycles. The molecule has 1 aliphatic heterocycles. The Labute approximate surface area is 163 Å². The van der Waals surface area contributed by atoms with Crippen molar-refractivity contribution < 1.29 is 4.79 Å². The lowest BCUT2D eigenvalue weighted by molar-refractivity contribution is -0.127. The van der Waals surface area contributed by atoms with E-state index in [0.29, 0.717) is 12.1 Å². The van der Waals surface area contributed by atoms with Crippen molar-refractivity contribution in [2.45, 2.75) is 50.6 Å². The second kappa shape index (κ2) is 9.62. The van der Waals surface area contributed by atoms with Gasteiger partial charge in [-0.2, -0.15) is 0 Å². The zero-order valence-electron chi connectivity index (χ0n) is 16.7. The summed E-state index contributed by atoms with van der Waals surface area (Å²) < 4.78 is 0. The summed E-state index contributed by atoms with van der Waals surface area (Å²) in [5, 5.41) is 7.15. The molecular weight excluding hydrogens is 338 g/mol. The Morgan fingerprint density at radius 1 is 1.04 bits per heavy atom. The molecule has 2 aliphatic rings. The van der Waals surface area contributed by atoms with Gasteiger partial charge in [0.15, 0.2) is 5.96 Å². The molecule has 2 fully saturated rings. The van der Waals surface area contributed by atoms with Crippen molar-refractivity contribution >= 4 is 17.6 Å². The largest absolute Gasteiger partial charge is 0.371 e. The quantitative estimate of drug-likeness (QED) is 0.615. The van der Waals surface area contributed by atoms with Crippen molar-refractivity contribution in [1.82, 2.24) is 15.5 Å². The van der Waals surface area contributed by atoms with E-state index in [4.69, 9.17) is 0 Å². The molecule has 6 heteroatoms. The number of amides is 1. The molecule has 27 heavy (non-hydrogen) atoms. The molecule has 1 heterocycles. The van der Waals surface area contributed by atoms with Crippen LogP contribution in [0.2, 0.25) is 0 Å². The van der Waals surface area contributed by atoms with Crippen LogP contribution >= 0.6 is 0 Å². The van der Waals surface area contributed by atoms with Gasteiger partial charge >= 0.3 is 0 Å². The van der Waals surface area contributed by atoms with E-state index >= 15 is 0 Å². The Hall–Kier alpha value is -2.24. The van der Waals surface area contributed by atoms with E-state index in [1.807, 2.05) is 0 Å². The van der Waals surface area contributed by atoms with Crippen LogP contribution in [0.25, 0.3) is 0 Å². The van der Waals surface area contributed by atoms with Gasteiger partial charge in [-0.1, -0.05) is 31.0 Å². The van der Waals surface area contributed by atoms with Gasteiger partial charge in [-0.05, 0) is 37.8 Å². The first-order valence-corrected chi connectivity index (χ1v) is 10.2. The third kappa shape index (κ3) is 5.88. The fourth-order valence-electron chi connectivity index (χ4n) is 3.80. The highest BCUT2D eigenvalue weighted by Crippen LogP contribution is 2.20. The van der Waals surface area contributed by atoms with Crippen molar-refractivity contribution in [1.29, 1.82) is 0 Å². The van der Waals surface area contributed by atoms with Crippen LogP contribution in [0.5, 0.6) is 0 Å². The number of guanidine groups is 1. The topological polar surface area (TPSA) is 60.0 Å². The second-order valence-corrected chi connectivity index (χ2v) is 7.82. The molecule has 0 radical (unpaired) electrons. The van der Waals surface area contributed by atoms with Gasteiger partial charge in [-0.25, -0.2) is 4.99 Å². The number of nitrogens with one attached hydrogen (secondary N) is 2. The number of likely N-dealkylation sites (N-methyl/N-ethyl adjacent to an activating group) is 1. The molecule has 1 aromatic rings. The number of benzene rings is 1. The Kier molecular flexibility index (Phi) is 6.96. The Balaban J connectivity index is 1.55. The van der Waals surface area contributed by atoms with Gasteiger partial charge < -0.3 is 20.4 Å². The summed E-state index contributed by atoms with van der Waals surface area (Å²) in [7, 11) is 3.54. The van der Waals surface area contributed by atoms with Crippen LogP contribution in [0.1, 0.15) is 38.5 Å². The fourth-order valence-corrected chi connectivity index (χ4v) is 3.80. The predicted octanol–water partition coefficient (Wildman–Crippen LogP) is 2.22. The first-order valence-electron chi connectivity index (χ1n) is 10.2. The molecule has 1 aliphatic carbocycles. The van der Waals surface area contributed by atoms with Crippen molar-refractivity contribution in [3.63, 3.8) is 0 Å². The van der Waals surface area contributed by atoms with Crippen molar-refractivity contribution in [2.75, 3.05) is 38.6 Å². The van der Waals surface area contributed by atoms with Crippen LogP contribution in [-0.4, -0.2) is 62.6 Å². The summed E-state index contributed by atoms with van der Waals surface area (Å²) in [6.45, 7) is 2.27. The number of hydrogen-bond acceptors (Lipinski definition) is 3. The maximum Gasteiger partial charge on any atom is 0.243 e. The van der Waals surface area contributed by atoms with Crippen LogP contribution in [0.3, 0.4) is 0 Å². The molecule has 1 saturated heterocycles. The Bertz CT molecular complexity index is 617. The van der Waals surface area contributed by atoms with Gasteiger partial charge in [0.05, 0.1) is 0 Å². The van der Waals surface area contributed by atoms with Crippen LogP contribution in [0.4, 0.5) is 5.69 Å². The highest BCUT2D eigenvalue weighted by molar-refractivity contribution is 5.85. The lowest BCUT2D eigenvalue weighted by Crippen LogP contribution is -2.51. The summed E-state index contributed by atoms with van der Waals surface area (Å²) in [6.07, 6.45) is 7.07. The number of carbonyl (C=O) groups is 1. The van der Waals surface area contributed by atoms with Crippen molar-refractivity contribution in [2.24, 2.45) is 4.99 Å². The van der Waals surface area contributed by atoms with E-state index in [1.165, 1.54) is 31.4 Å². The number of para-hydroxylation sites is 1. The number of piperidine rings is 1. The number of hydrogen-bond donors (Lipinski definition) is 2. The van der Waals surface area contributed by atoms with Crippen molar-refractivity contribution in [3.05, 3.63) is 30.3 Å². The van der Waals surface area contributed by atoms with Gasteiger partial charge in [0.25, 0.3) is 0 Å². The molecule has 1 saturated carbocycles. The molecule has 6 nitrogen and oxygen atoms in total. The molecule has 1 amide bonds. The predicted molar refractivity (Wildman–Crippen MR) is 111 cm³/mol. The van der Waals surface area contributed by atoms with Gasteiger partial charge in [0, 0.05) is 45.0 Å². The summed E-state index contributed by atoms with van der Waals surface area (Å²) in [5.41, 5.74) is 1.30. The molecule has 0 bridgehead atoms. The van der Waals surface area contributed by atoms with Gasteiger partial charge in [0.2, 0.25) is 5.91 Å². The highest BCUT2D eigenvalue weighted by Gasteiger charge is 2.22. The van der Waals surface area contributed by atoms with E-state index < -0.39 is 0 Å². The number of aliphatic imine (C=N–C) groups is 1. The maximum absolute atomic E-state index is 11.9. The molecule has 0 spiro atoms. The minimum absolute atomic E-state index is 0.0291. The maximum atomic E-state index is 11.9. The van der Waals surface area contributed by atoms with Crippen molar-refractivity contribution in [3.8, 4) is 0 Å². The second-order valence-electron chi connectivity index (χ2n) is 7.82. The minimum atomic E-state index is 0.0291. The number of nitrogens with zero attached hydrogens (tertiary/aromatic N) is 3. The van der Waals surface area contributed by atoms with E-state index in [9.17, 15) is 4.79 Å². The third-order valence-electron chi connectivity index (χ3n) is 5.52. The first kappa shape index (κ1) is 19.5. The first-order chi connectivity index (χ1) is 13.1. The fraction of sp³-hybridized carbons (Fsp3) is 0.619. The van der Waals surface area contributed by atoms with Gasteiger partial charge in [0.1, 0.15) is 6.54 Å². The van der Waals surface area contributed by atoms with Crippen LogP contribution < -0.4 is 15.5 Å². The lowest BCUT2D eigenvalue weighted by Gasteiger charge is -2.35. The van der Waals surface area contributed by atoms with Gasteiger partial charge in [-0.15, -0.1) is 0 Å². The molecule has 0 atom stereocenters. The zero-order valence-corrected chi connectivity index (χ0v) is 16.7. The average Bonchev–Trinajstić information content (AvgIpc) is 3.20. The SMILES string of the molecule is CN(C)C(=O)CN=C(NC1CCCC1)NC1CCN(c2ccccc2)CC1. The van der Waals surface area contributed by atoms with E-state index in [0.717, 1.165) is 31.9 Å². The Morgan fingerprint density at radius 2 is 1.63 bits per heavy atom. The third-order valence-corrected chi connectivity index (χ3v) is 5.52. The van der Waals surface area contributed by atoms with E-state index in [1.54, 1.807) is 19.0 Å². The number of carbonyl (C=O) groups excluding carboxylic acids is 1. The normalized spacial score (nSPS) is 19.2. The smallest absolute Gasteiger partial charge is 0.243 e. The average molecular weight is 372 g/mol. The summed E-state index contributed by atoms with van der Waals surface area (Å²) >= 11 is 0. The summed E-state index contributed by atoms with van der Waals surface area (Å²) in [5.74, 6) is 0.830. The van der Waals surface area contributed by atoms with E-state index in [-0.39, 0.29) is 12.5 Å². The monoisotopic (exact) mass is 371 g/mol. The zero-order chi connectivity index (χ0) is 19.1. The Morgan fingerprint density at radius 3 is 2.22 bits per heavy atom. The molecular formula is C21H33N5O. The standard InChI is InChI=1S/C21H33N5O/c1-25(2)20(27)16-22-21(23-17-8-6-7-9-17)24-18-12-14-26(15-13-18)19-10-4-3-5-11-19/h3-5,10-11,17-18H,6-9,12-16H2,1-2H3,(H2,22,23,24). The van der Waals surface area contributed by atoms with Crippen LogP contribution in [0, 0.1) is 0 Å². The minimum Gasteiger partial charge on any atom is -0.371 e. The highest BCUT2D eigenvalue weighted by atomic mass is 16.2. The molecule has 3 rings (SSSR count). The molecule has 0 unspecified atom stereocenters. The number of rotatable bonds is 5. The van der Waals surface area contributed by atoms with Crippen LogP contribution in [0.15, 0.2) is 35.3 Å². The summed E-state index contributed by atoms with van der Waals surface area (Å²) in [6, 6.07) is 11.5. The van der Waals surface area contributed by atoms with E-state index in [2.05, 4.69) is 50.9 Å². The molecule has 148 valence electrons. The van der Waals surface area contributed by atoms with Gasteiger partial charge in [-0.3, -0.25) is 4.79 Å². The lowest BCUT2D eigenvalue weighted by atomic mass is 10.0. The number of anilines is 1. The summed E-state index contributed by atoms with van der Waals surface area (Å²) in [4.78, 5) is 20.5.